The summed E-state index contributed by atoms with van der Waals surface area (Å²) in [6.45, 7) is -1.31. The fourth-order valence-corrected chi connectivity index (χ4v) is 4.36. The molecule has 2 aromatic carbocycles. The highest BCUT2D eigenvalue weighted by atomic mass is 32.2. The summed E-state index contributed by atoms with van der Waals surface area (Å²) in [6.07, 6.45) is -1.30. The van der Waals surface area contributed by atoms with Crippen LogP contribution >= 0.6 is 0 Å². The highest BCUT2D eigenvalue weighted by Gasteiger charge is 2.31. The largest absolute Gasteiger partial charge is 0.496 e. The van der Waals surface area contributed by atoms with Crippen molar-refractivity contribution in [1.82, 2.24) is 14.5 Å². The van der Waals surface area contributed by atoms with Crippen LogP contribution in [0.1, 0.15) is 15.9 Å². The zero-order valence-electron chi connectivity index (χ0n) is 18.1. The normalized spacial score (nSPS) is 13.1. The highest BCUT2D eigenvalue weighted by Crippen LogP contribution is 2.34. The lowest BCUT2D eigenvalue weighted by molar-refractivity contribution is -0.153. The molecule has 34 heavy (non-hydrogen) atoms. The van der Waals surface area contributed by atoms with Gasteiger partial charge in [-0.15, -0.1) is 0 Å². The number of carbonyl (C=O) groups is 1. The number of methoxy groups -OCH3 is 2. The van der Waals surface area contributed by atoms with Crippen LogP contribution in [0.3, 0.4) is 0 Å². The Labute approximate surface area is 193 Å². The number of rotatable bonds is 9. The topological polar surface area (TPSA) is 116 Å². The Morgan fingerprint density at radius 2 is 1.82 bits per heavy atom. The summed E-state index contributed by atoms with van der Waals surface area (Å²) in [5.74, 6) is -1.22. The molecular formula is C21H21F3N4O5S. The van der Waals surface area contributed by atoms with Gasteiger partial charge in [0.15, 0.2) is 21.4 Å². The van der Waals surface area contributed by atoms with Crippen molar-refractivity contribution in [2.45, 2.75) is 17.6 Å². The maximum Gasteiger partial charge on any atom is 0.422 e. The molecule has 0 saturated carbocycles. The highest BCUT2D eigenvalue weighted by molar-refractivity contribution is 7.91. The second kappa shape index (κ2) is 10.0. The molecule has 9 nitrogen and oxygen atoms in total. The molecule has 1 unspecified atom stereocenters. The van der Waals surface area contributed by atoms with E-state index in [-0.39, 0.29) is 11.3 Å². The number of benzene rings is 2. The Morgan fingerprint density at radius 3 is 2.44 bits per heavy atom. The number of halogens is 3. The lowest BCUT2D eigenvalue weighted by Crippen LogP contribution is -2.30. The number of amides is 1. The molecule has 1 atom stereocenters. The summed E-state index contributed by atoms with van der Waals surface area (Å²) in [6, 6.07) is 9.92. The maximum absolute atomic E-state index is 13.2. The summed E-state index contributed by atoms with van der Waals surface area (Å²) in [7, 11) is -1.59. The number of alkyl halides is 3. The molecule has 13 heteroatoms. The molecule has 3 aromatic rings. The number of ether oxygens (including phenoxy) is 3. The lowest BCUT2D eigenvalue weighted by Gasteiger charge is -2.18. The van der Waals surface area contributed by atoms with E-state index in [1.807, 2.05) is 0 Å². The Bertz CT molecular complexity index is 1260. The predicted molar refractivity (Wildman–Crippen MR) is 115 cm³/mol. The van der Waals surface area contributed by atoms with Gasteiger partial charge < -0.3 is 14.2 Å². The van der Waals surface area contributed by atoms with E-state index in [9.17, 15) is 22.2 Å². The van der Waals surface area contributed by atoms with E-state index >= 15 is 0 Å². The van der Waals surface area contributed by atoms with Crippen LogP contribution in [0.15, 0.2) is 59.8 Å². The van der Waals surface area contributed by atoms with E-state index in [0.717, 1.165) is 6.07 Å². The van der Waals surface area contributed by atoms with Crippen molar-refractivity contribution in [2.75, 3.05) is 20.8 Å². The third-order valence-corrected chi connectivity index (χ3v) is 5.97. The second-order valence-electron chi connectivity index (χ2n) is 6.91. The molecule has 0 aliphatic carbocycles. The van der Waals surface area contributed by atoms with Crippen LogP contribution in [0.5, 0.6) is 17.2 Å². The molecule has 0 saturated heterocycles. The maximum atomic E-state index is 13.2. The number of nitrogens with one attached hydrogen (secondary N) is 2. The van der Waals surface area contributed by atoms with Gasteiger partial charge in [0.1, 0.15) is 17.2 Å². The van der Waals surface area contributed by atoms with Gasteiger partial charge in [0.05, 0.1) is 20.8 Å². The third kappa shape index (κ3) is 5.98. The van der Waals surface area contributed by atoms with Crippen molar-refractivity contribution < 1.29 is 36.4 Å². The van der Waals surface area contributed by atoms with Crippen molar-refractivity contribution in [2.24, 2.45) is 0 Å². The van der Waals surface area contributed by atoms with Crippen molar-refractivity contribution in [1.29, 1.82) is 4.78 Å². The van der Waals surface area contributed by atoms with Gasteiger partial charge in [-0.3, -0.25) is 14.2 Å². The summed E-state index contributed by atoms with van der Waals surface area (Å²) < 4.78 is 78.2. The molecule has 0 radical (unpaired) electrons. The minimum Gasteiger partial charge on any atom is -0.496 e. The third-order valence-electron chi connectivity index (χ3n) is 4.52. The molecule has 0 fully saturated rings. The van der Waals surface area contributed by atoms with Gasteiger partial charge in [0, 0.05) is 23.5 Å². The standard InChI is InChI=1S/C21H21F3N4O5S/c1-31-16-5-3-6-17(33-13-21(22,23)24)19(16)34(25,30)27-20(29)14-7-8-15(18(11-14)32-2)12-28-10-4-9-26-28/h3-11H,12-13H2,1-2H3,(H2,25,27,29,30). The van der Waals surface area contributed by atoms with E-state index in [2.05, 4.69) is 9.82 Å². The molecular weight excluding hydrogens is 477 g/mol. The fourth-order valence-electron chi connectivity index (χ4n) is 3.04. The first-order valence-electron chi connectivity index (χ1n) is 9.66. The smallest absolute Gasteiger partial charge is 0.422 e. The van der Waals surface area contributed by atoms with E-state index in [1.165, 1.54) is 38.5 Å². The summed E-state index contributed by atoms with van der Waals surface area (Å²) in [4.78, 5) is 12.3. The van der Waals surface area contributed by atoms with Crippen LogP contribution in [0.4, 0.5) is 13.2 Å². The number of carbonyl (C=O) groups excluding carboxylic acids is 1. The quantitative estimate of drug-likeness (QED) is 0.466. The predicted octanol–water partition coefficient (Wildman–Crippen LogP) is 3.64. The Balaban J connectivity index is 1.88. The Hall–Kier alpha value is -3.74. The Morgan fingerprint density at radius 1 is 1.12 bits per heavy atom. The first-order valence-corrected chi connectivity index (χ1v) is 11.2. The molecule has 0 aliphatic heterocycles. The first kappa shape index (κ1) is 24.9. The summed E-state index contributed by atoms with van der Waals surface area (Å²) in [5, 5.41) is 4.11. The number of hydrogen-bond donors (Lipinski definition) is 2. The zero-order valence-corrected chi connectivity index (χ0v) is 18.9. The summed E-state index contributed by atoms with van der Waals surface area (Å²) >= 11 is 0. The Kier molecular flexibility index (Phi) is 7.35. The molecule has 1 aromatic heterocycles. The average molecular weight is 498 g/mol. The number of hydrogen-bond acceptors (Lipinski definition) is 7. The zero-order chi connectivity index (χ0) is 24.9. The van der Waals surface area contributed by atoms with Crippen LogP contribution < -0.4 is 18.9 Å². The monoisotopic (exact) mass is 498 g/mol. The molecule has 0 bridgehead atoms. The fraction of sp³-hybridized carbons (Fsp3) is 0.238. The van der Waals surface area contributed by atoms with E-state index < -0.39 is 39.3 Å². The molecule has 0 spiro atoms. The molecule has 3 rings (SSSR count). The van der Waals surface area contributed by atoms with Gasteiger partial charge in [-0.2, -0.15) is 18.3 Å². The SMILES string of the molecule is COc1cc(C(=O)NS(=N)(=O)c2c(OC)cccc2OCC(F)(F)F)ccc1Cn1cccn1. The van der Waals surface area contributed by atoms with Gasteiger partial charge in [-0.25, -0.2) is 8.99 Å². The molecule has 1 heterocycles. The average Bonchev–Trinajstić information content (AvgIpc) is 3.29. The summed E-state index contributed by atoms with van der Waals surface area (Å²) in [5.41, 5.74) is 0.732. The van der Waals surface area contributed by atoms with Gasteiger partial charge in [0.2, 0.25) is 0 Å². The number of nitrogens with zero attached hydrogens (tertiary/aromatic N) is 2. The van der Waals surface area contributed by atoms with Crippen molar-refractivity contribution in [3.8, 4) is 17.2 Å². The molecule has 182 valence electrons. The van der Waals surface area contributed by atoms with Crippen LogP contribution in [-0.2, 0) is 16.5 Å². The van der Waals surface area contributed by atoms with Crippen LogP contribution in [-0.4, -0.2) is 46.9 Å². The van der Waals surface area contributed by atoms with Gasteiger partial charge in [-0.05, 0) is 30.3 Å². The first-order chi connectivity index (χ1) is 16.0. The second-order valence-corrected chi connectivity index (χ2v) is 8.63. The van der Waals surface area contributed by atoms with Crippen LogP contribution in [0, 0.1) is 4.78 Å². The van der Waals surface area contributed by atoms with Crippen molar-refractivity contribution in [3.05, 3.63) is 66.0 Å². The van der Waals surface area contributed by atoms with Crippen molar-refractivity contribution in [3.63, 3.8) is 0 Å². The van der Waals surface area contributed by atoms with Gasteiger partial charge in [-0.1, -0.05) is 12.1 Å². The molecule has 1 amide bonds. The van der Waals surface area contributed by atoms with E-state index in [0.29, 0.717) is 17.9 Å². The van der Waals surface area contributed by atoms with Gasteiger partial charge in [0.25, 0.3) is 5.91 Å². The minimum atomic E-state index is -4.67. The minimum absolute atomic E-state index is 0.0219. The molecule has 2 N–H and O–H groups in total. The van der Waals surface area contributed by atoms with Crippen LogP contribution in [0.2, 0.25) is 0 Å². The number of aromatic nitrogens is 2. The van der Waals surface area contributed by atoms with E-state index in [1.54, 1.807) is 29.2 Å². The van der Waals surface area contributed by atoms with E-state index in [4.69, 9.17) is 19.0 Å². The lowest BCUT2D eigenvalue weighted by atomic mass is 10.1. The van der Waals surface area contributed by atoms with Gasteiger partial charge >= 0.3 is 6.18 Å². The van der Waals surface area contributed by atoms with Crippen LogP contribution in [0.25, 0.3) is 0 Å². The van der Waals surface area contributed by atoms with Crippen molar-refractivity contribution >= 4 is 15.8 Å². The molecule has 0 aliphatic rings.